The molecule has 0 bridgehead atoms. The Kier molecular flexibility index (Phi) is 5.12. The molecule has 0 aromatic carbocycles. The van der Waals surface area contributed by atoms with Crippen molar-refractivity contribution in [1.82, 2.24) is 14.5 Å². The van der Waals surface area contributed by atoms with Crippen molar-refractivity contribution in [2.24, 2.45) is 0 Å². The van der Waals surface area contributed by atoms with Crippen molar-refractivity contribution in [3.63, 3.8) is 0 Å². The lowest BCUT2D eigenvalue weighted by Gasteiger charge is -2.15. The molecule has 2 aromatic rings. The molecule has 7 heteroatoms. The first kappa shape index (κ1) is 15.8. The van der Waals surface area contributed by atoms with E-state index in [2.05, 4.69) is 29.6 Å². The molecule has 0 fully saturated rings. The summed E-state index contributed by atoms with van der Waals surface area (Å²) in [6.45, 7) is 8.34. The summed E-state index contributed by atoms with van der Waals surface area (Å²) in [5.74, 6) is 0. The van der Waals surface area contributed by atoms with Crippen LogP contribution in [0, 0.1) is 0 Å². The molecule has 0 aliphatic heterocycles. The fourth-order valence-electron chi connectivity index (χ4n) is 1.79. The Bertz CT molecular complexity index is 597. The van der Waals surface area contributed by atoms with Crippen LogP contribution in [-0.4, -0.2) is 35.5 Å². The van der Waals surface area contributed by atoms with Crippen LogP contribution in [0.5, 0.6) is 0 Å². The van der Waals surface area contributed by atoms with Gasteiger partial charge in [-0.25, -0.2) is 9.97 Å². The van der Waals surface area contributed by atoms with Gasteiger partial charge in [-0.2, -0.15) is 0 Å². The van der Waals surface area contributed by atoms with E-state index in [9.17, 15) is 0 Å². The highest BCUT2D eigenvalue weighted by atomic mass is 35.5. The van der Waals surface area contributed by atoms with Gasteiger partial charge in [-0.1, -0.05) is 31.2 Å². The smallest absolute Gasteiger partial charge is 0.132 e. The highest BCUT2D eigenvalue weighted by Gasteiger charge is 2.13. The summed E-state index contributed by atoms with van der Waals surface area (Å²) >= 11 is 7.60. The Labute approximate surface area is 129 Å². The molecular weight excluding hydrogens is 310 g/mol. The molecule has 0 saturated carbocycles. The minimum Gasteiger partial charge on any atom is -0.361 e. The molecule has 0 radical (unpaired) electrons. The predicted octanol–water partition coefficient (Wildman–Crippen LogP) is 4.12. The largest absolute Gasteiger partial charge is 0.361 e. The minimum absolute atomic E-state index is 0.491. The Hall–Kier alpha value is -0.563. The summed E-state index contributed by atoms with van der Waals surface area (Å²) in [6.07, 6.45) is 3.76. The van der Waals surface area contributed by atoms with E-state index in [1.165, 1.54) is 0 Å². The van der Waals surface area contributed by atoms with E-state index in [0.29, 0.717) is 11.9 Å². The number of rotatable bonds is 6. The third-order valence-electron chi connectivity index (χ3n) is 2.97. The molecule has 0 aliphatic carbocycles. The van der Waals surface area contributed by atoms with Crippen molar-refractivity contribution in [1.29, 1.82) is 0 Å². The predicted molar refractivity (Wildman–Crippen MR) is 88.4 cm³/mol. The molecule has 0 spiro atoms. The van der Waals surface area contributed by atoms with Gasteiger partial charge in [-0.05, 0) is 12.3 Å². The molecule has 0 N–H and O–H groups in total. The molecule has 0 atom stereocenters. The van der Waals surface area contributed by atoms with Crippen molar-refractivity contribution in [3.05, 3.63) is 17.5 Å². The van der Waals surface area contributed by atoms with Gasteiger partial charge in [0.2, 0.25) is 0 Å². The quantitative estimate of drug-likeness (QED) is 0.346. The number of nitrogens with zero attached hydrogens (tertiary/aromatic N) is 3. The Morgan fingerprint density at radius 1 is 1.40 bits per heavy atom. The third kappa shape index (κ3) is 3.97. The molecule has 0 saturated heterocycles. The van der Waals surface area contributed by atoms with Crippen LogP contribution in [0.15, 0.2) is 17.4 Å². The fraction of sp³-hybridized carbons (Fsp3) is 0.538. The van der Waals surface area contributed by atoms with Gasteiger partial charge >= 0.3 is 0 Å². The van der Waals surface area contributed by atoms with Crippen LogP contribution in [0.4, 0.5) is 0 Å². The number of hydrogen-bond donors (Lipinski definition) is 0. The summed E-state index contributed by atoms with van der Waals surface area (Å²) in [5, 5.41) is 1.35. The van der Waals surface area contributed by atoms with E-state index in [-0.39, 0.29) is 0 Å². The molecule has 2 rings (SSSR count). The van der Waals surface area contributed by atoms with Crippen LogP contribution in [0.2, 0.25) is 30.8 Å². The number of imidazole rings is 1. The molecule has 0 amide bonds. The Morgan fingerprint density at radius 2 is 2.15 bits per heavy atom. The topological polar surface area (TPSA) is 39.9 Å². The lowest BCUT2D eigenvalue weighted by molar-refractivity contribution is 0.0898. The first-order valence-corrected chi connectivity index (χ1v) is 11.8. The first-order valence-electron chi connectivity index (χ1n) is 6.54. The molecule has 0 aliphatic rings. The van der Waals surface area contributed by atoms with Crippen LogP contribution in [0.25, 0.3) is 11.0 Å². The number of thioether (sulfide) groups is 1. The third-order valence-corrected chi connectivity index (χ3v) is 5.53. The molecule has 0 unspecified atom stereocenters. The second-order valence-electron chi connectivity index (χ2n) is 5.88. The number of fused-ring (bicyclic) bond motifs is 1. The summed E-state index contributed by atoms with van der Waals surface area (Å²) in [4.78, 5) is 8.69. The normalized spacial score (nSPS) is 12.2. The summed E-state index contributed by atoms with van der Waals surface area (Å²) in [5.41, 5.74) is 1.86. The average Bonchev–Trinajstić information content (AvgIpc) is 2.75. The summed E-state index contributed by atoms with van der Waals surface area (Å²) in [7, 11) is -1.04. The maximum absolute atomic E-state index is 6.05. The van der Waals surface area contributed by atoms with Crippen molar-refractivity contribution in [2.45, 2.75) is 37.4 Å². The number of hydrogen-bond acceptors (Lipinski definition) is 4. The zero-order valence-corrected chi connectivity index (χ0v) is 14.9. The van der Waals surface area contributed by atoms with Crippen LogP contribution in [-0.2, 0) is 11.5 Å². The van der Waals surface area contributed by atoms with E-state index in [1.54, 1.807) is 18.1 Å². The highest BCUT2D eigenvalue weighted by molar-refractivity contribution is 7.98. The lowest BCUT2D eigenvalue weighted by Crippen LogP contribution is -2.21. The lowest BCUT2D eigenvalue weighted by atomic mass is 10.4. The van der Waals surface area contributed by atoms with Crippen molar-refractivity contribution in [3.8, 4) is 0 Å². The monoisotopic (exact) mass is 329 g/mol. The zero-order chi connectivity index (χ0) is 14.8. The summed E-state index contributed by atoms with van der Waals surface area (Å²) in [6, 6.07) is 3.00. The maximum atomic E-state index is 6.05. The standard InChI is InChI=1S/C13H20ClN3OSSi/c1-19-13-12-10(7-11(14)16-13)17(8-15-12)9-18-5-6-20(2,3)4/h7-8H,5-6,9H2,1-4H3. The van der Waals surface area contributed by atoms with Crippen LogP contribution in [0.3, 0.4) is 0 Å². The van der Waals surface area contributed by atoms with Crippen LogP contribution < -0.4 is 0 Å². The highest BCUT2D eigenvalue weighted by Crippen LogP contribution is 2.26. The fourth-order valence-corrected chi connectivity index (χ4v) is 3.32. The minimum atomic E-state index is -1.04. The van der Waals surface area contributed by atoms with Gasteiger partial charge in [0.25, 0.3) is 0 Å². The number of halogens is 1. The van der Waals surface area contributed by atoms with Crippen LogP contribution in [0.1, 0.15) is 0 Å². The van der Waals surface area contributed by atoms with Gasteiger partial charge in [-0.3, -0.25) is 0 Å². The maximum Gasteiger partial charge on any atom is 0.132 e. The van der Waals surface area contributed by atoms with Gasteiger partial charge in [-0.15, -0.1) is 11.8 Å². The molecule has 2 heterocycles. The van der Waals surface area contributed by atoms with Crippen molar-refractivity contribution in [2.75, 3.05) is 12.9 Å². The van der Waals surface area contributed by atoms with E-state index in [4.69, 9.17) is 16.3 Å². The van der Waals surface area contributed by atoms with Crippen LogP contribution >= 0.6 is 23.4 Å². The molecule has 20 heavy (non-hydrogen) atoms. The van der Waals surface area contributed by atoms with E-state index in [0.717, 1.165) is 28.7 Å². The van der Waals surface area contributed by atoms with Gasteiger partial charge in [0, 0.05) is 20.7 Å². The average molecular weight is 330 g/mol. The molecule has 4 nitrogen and oxygen atoms in total. The van der Waals surface area contributed by atoms with Gasteiger partial charge in [0.15, 0.2) is 0 Å². The van der Waals surface area contributed by atoms with Crippen molar-refractivity contribution < 1.29 is 4.74 Å². The van der Waals surface area contributed by atoms with E-state index >= 15 is 0 Å². The van der Waals surface area contributed by atoms with E-state index in [1.807, 2.05) is 16.9 Å². The van der Waals surface area contributed by atoms with E-state index < -0.39 is 8.07 Å². The molecule has 2 aromatic heterocycles. The Balaban J connectivity index is 2.09. The molecular formula is C13H20ClN3OSSi. The molecule has 110 valence electrons. The summed E-state index contributed by atoms with van der Waals surface area (Å²) < 4.78 is 7.74. The second kappa shape index (κ2) is 6.47. The first-order chi connectivity index (χ1) is 9.40. The van der Waals surface area contributed by atoms with Gasteiger partial charge in [0.05, 0.1) is 11.8 Å². The number of ether oxygens (including phenoxy) is 1. The Morgan fingerprint density at radius 3 is 2.80 bits per heavy atom. The number of pyridine rings is 1. The SMILES string of the molecule is CSc1nc(Cl)cc2c1ncn2COCC[Si](C)(C)C. The van der Waals surface area contributed by atoms with Gasteiger partial charge < -0.3 is 9.30 Å². The number of aromatic nitrogens is 3. The van der Waals surface area contributed by atoms with Crippen molar-refractivity contribution >= 4 is 42.5 Å². The second-order valence-corrected chi connectivity index (χ2v) is 12.7. The van der Waals surface area contributed by atoms with Gasteiger partial charge in [0.1, 0.15) is 22.4 Å². The zero-order valence-electron chi connectivity index (χ0n) is 12.3.